The van der Waals surface area contributed by atoms with Crippen molar-refractivity contribution in [3.05, 3.63) is 42.0 Å². The van der Waals surface area contributed by atoms with Gasteiger partial charge in [-0.15, -0.1) is 0 Å². The van der Waals surface area contributed by atoms with Crippen molar-refractivity contribution in [2.75, 3.05) is 18.0 Å². The number of ether oxygens (including phenoxy) is 1. The molecule has 0 bridgehead atoms. The second kappa shape index (κ2) is 4.95. The van der Waals surface area contributed by atoms with E-state index >= 15 is 0 Å². The molecule has 23 heavy (non-hydrogen) atoms. The number of fused-ring (bicyclic) bond motifs is 2. The summed E-state index contributed by atoms with van der Waals surface area (Å²) >= 11 is 0. The SMILES string of the molecule is COc1ccc(S(=O)(=O)N2CCc3ccccc32)c2nonc12. The molecule has 2 aromatic carbocycles. The molecule has 0 radical (unpaired) electrons. The normalized spacial score (nSPS) is 14.2. The summed E-state index contributed by atoms with van der Waals surface area (Å²) in [6.45, 7) is 0.403. The van der Waals surface area contributed by atoms with Crippen molar-refractivity contribution in [1.29, 1.82) is 0 Å². The Labute approximate surface area is 132 Å². The summed E-state index contributed by atoms with van der Waals surface area (Å²) in [7, 11) is -2.28. The van der Waals surface area contributed by atoms with Gasteiger partial charge >= 0.3 is 0 Å². The first-order chi connectivity index (χ1) is 11.1. The lowest BCUT2D eigenvalue weighted by molar-refractivity contribution is 0.313. The van der Waals surface area contributed by atoms with Crippen LogP contribution in [-0.2, 0) is 16.4 Å². The molecule has 0 N–H and O–H groups in total. The standard InChI is InChI=1S/C15H13N3O4S/c1-21-12-6-7-13(15-14(12)16-22-17-15)23(19,20)18-9-8-10-4-2-3-5-11(10)18/h2-7H,8-9H2,1H3. The van der Waals surface area contributed by atoms with Crippen LogP contribution < -0.4 is 9.04 Å². The van der Waals surface area contributed by atoms with Crippen LogP contribution in [-0.4, -0.2) is 32.4 Å². The van der Waals surface area contributed by atoms with Crippen molar-refractivity contribution in [3.63, 3.8) is 0 Å². The fourth-order valence-electron chi connectivity index (χ4n) is 2.87. The summed E-state index contributed by atoms with van der Waals surface area (Å²) in [5, 5.41) is 7.49. The molecule has 118 valence electrons. The monoisotopic (exact) mass is 331 g/mol. The zero-order valence-corrected chi connectivity index (χ0v) is 13.1. The molecule has 1 aromatic heterocycles. The largest absolute Gasteiger partial charge is 0.494 e. The number of anilines is 1. The van der Waals surface area contributed by atoms with Crippen molar-refractivity contribution in [1.82, 2.24) is 10.3 Å². The number of hydrogen-bond donors (Lipinski definition) is 0. The molecule has 4 rings (SSSR count). The number of nitrogens with zero attached hydrogens (tertiary/aromatic N) is 3. The fraction of sp³-hybridized carbons (Fsp3) is 0.200. The zero-order valence-electron chi connectivity index (χ0n) is 12.3. The highest BCUT2D eigenvalue weighted by Gasteiger charge is 2.33. The number of hydrogen-bond acceptors (Lipinski definition) is 6. The van der Waals surface area contributed by atoms with E-state index in [2.05, 4.69) is 10.3 Å². The maximum Gasteiger partial charge on any atom is 0.266 e. The smallest absolute Gasteiger partial charge is 0.266 e. The van der Waals surface area contributed by atoms with Gasteiger partial charge in [-0.05, 0) is 40.5 Å². The number of para-hydroxylation sites is 1. The van der Waals surface area contributed by atoms with E-state index in [1.807, 2.05) is 24.3 Å². The molecule has 0 spiro atoms. The van der Waals surface area contributed by atoms with E-state index < -0.39 is 10.0 Å². The van der Waals surface area contributed by atoms with Gasteiger partial charge < -0.3 is 4.74 Å². The van der Waals surface area contributed by atoms with Gasteiger partial charge in [0.05, 0.1) is 12.8 Å². The number of aromatic nitrogens is 2. The average molecular weight is 331 g/mol. The second-order valence-electron chi connectivity index (χ2n) is 5.18. The van der Waals surface area contributed by atoms with Crippen LogP contribution in [0.5, 0.6) is 5.75 Å². The lowest BCUT2D eigenvalue weighted by Gasteiger charge is -2.19. The molecule has 8 heteroatoms. The molecule has 0 atom stereocenters. The lowest BCUT2D eigenvalue weighted by Crippen LogP contribution is -2.29. The number of benzene rings is 2. The van der Waals surface area contributed by atoms with Gasteiger partial charge in [-0.25, -0.2) is 13.0 Å². The Morgan fingerprint density at radius 3 is 2.74 bits per heavy atom. The van der Waals surface area contributed by atoms with Crippen LogP contribution in [0, 0.1) is 0 Å². The predicted molar refractivity (Wildman–Crippen MR) is 83.0 cm³/mol. The predicted octanol–water partition coefficient (Wildman–Crippen LogP) is 1.98. The summed E-state index contributed by atoms with van der Waals surface area (Å²) in [4.78, 5) is 0.0613. The fourth-order valence-corrected chi connectivity index (χ4v) is 4.49. The van der Waals surface area contributed by atoms with E-state index in [9.17, 15) is 8.42 Å². The van der Waals surface area contributed by atoms with Gasteiger partial charge in [-0.1, -0.05) is 18.2 Å². The number of rotatable bonds is 3. The summed E-state index contributed by atoms with van der Waals surface area (Å²) in [5.41, 5.74) is 2.18. The molecule has 0 aliphatic carbocycles. The second-order valence-corrected chi connectivity index (χ2v) is 7.01. The van der Waals surface area contributed by atoms with Crippen molar-refractivity contribution >= 4 is 26.7 Å². The minimum absolute atomic E-state index is 0.0613. The van der Waals surface area contributed by atoms with Gasteiger partial charge in [0.2, 0.25) is 0 Å². The van der Waals surface area contributed by atoms with Crippen LogP contribution in [0.15, 0.2) is 45.9 Å². The molecule has 7 nitrogen and oxygen atoms in total. The van der Waals surface area contributed by atoms with Gasteiger partial charge in [0.1, 0.15) is 10.6 Å². The molecule has 1 aliphatic heterocycles. The molecule has 0 unspecified atom stereocenters. The van der Waals surface area contributed by atoms with Gasteiger partial charge in [-0.2, -0.15) is 0 Å². The van der Waals surface area contributed by atoms with Gasteiger partial charge in [0, 0.05) is 6.54 Å². The first kappa shape index (κ1) is 14.0. The minimum atomic E-state index is -3.76. The van der Waals surface area contributed by atoms with E-state index in [0.29, 0.717) is 29.9 Å². The number of methoxy groups -OCH3 is 1. The van der Waals surface area contributed by atoms with Crippen LogP contribution in [0.1, 0.15) is 5.56 Å². The van der Waals surface area contributed by atoms with E-state index in [-0.39, 0.29) is 10.4 Å². The van der Waals surface area contributed by atoms with Gasteiger partial charge in [-0.3, -0.25) is 4.31 Å². The third-order valence-electron chi connectivity index (χ3n) is 3.97. The Balaban J connectivity index is 1.90. The van der Waals surface area contributed by atoms with Crippen molar-refractivity contribution < 1.29 is 17.8 Å². The van der Waals surface area contributed by atoms with Crippen LogP contribution in [0.25, 0.3) is 11.0 Å². The van der Waals surface area contributed by atoms with E-state index in [0.717, 1.165) is 5.56 Å². The first-order valence-electron chi connectivity index (χ1n) is 7.03. The van der Waals surface area contributed by atoms with Crippen LogP contribution in [0.3, 0.4) is 0 Å². The molecule has 3 aromatic rings. The van der Waals surface area contributed by atoms with Crippen LogP contribution in [0.4, 0.5) is 5.69 Å². The van der Waals surface area contributed by atoms with E-state index in [4.69, 9.17) is 9.37 Å². The number of sulfonamides is 1. The molecule has 0 saturated carbocycles. The zero-order chi connectivity index (χ0) is 16.0. The quantitative estimate of drug-likeness (QED) is 0.729. The summed E-state index contributed by atoms with van der Waals surface area (Å²) in [6.07, 6.45) is 0.686. The Kier molecular flexibility index (Phi) is 3.02. The van der Waals surface area contributed by atoms with Gasteiger partial charge in [0.15, 0.2) is 11.0 Å². The third-order valence-corrected chi connectivity index (χ3v) is 5.82. The Morgan fingerprint density at radius 2 is 1.91 bits per heavy atom. The topological polar surface area (TPSA) is 85.5 Å². The molecule has 1 aliphatic rings. The summed E-state index contributed by atoms with van der Waals surface area (Å²) in [5.74, 6) is 0.419. The minimum Gasteiger partial charge on any atom is -0.494 e. The summed E-state index contributed by atoms with van der Waals surface area (Å²) < 4.78 is 37.4. The first-order valence-corrected chi connectivity index (χ1v) is 8.47. The molecule has 0 saturated heterocycles. The molecular formula is C15H13N3O4S. The van der Waals surface area contributed by atoms with E-state index in [1.165, 1.54) is 17.5 Å². The van der Waals surface area contributed by atoms with E-state index in [1.54, 1.807) is 6.07 Å². The van der Waals surface area contributed by atoms with Crippen LogP contribution in [0.2, 0.25) is 0 Å². The lowest BCUT2D eigenvalue weighted by atomic mass is 10.2. The molecule has 0 fully saturated rings. The van der Waals surface area contributed by atoms with Crippen molar-refractivity contribution in [2.24, 2.45) is 0 Å². The maximum absolute atomic E-state index is 13.1. The van der Waals surface area contributed by atoms with Crippen LogP contribution >= 0.6 is 0 Å². The highest BCUT2D eigenvalue weighted by molar-refractivity contribution is 7.93. The third kappa shape index (κ3) is 1.98. The maximum atomic E-state index is 13.1. The Hall–Kier alpha value is -2.61. The molecule has 0 amide bonds. The summed E-state index contributed by atoms with van der Waals surface area (Å²) in [6, 6.07) is 10.5. The van der Waals surface area contributed by atoms with Gasteiger partial charge in [0.25, 0.3) is 10.0 Å². The highest BCUT2D eigenvalue weighted by atomic mass is 32.2. The molecular weight excluding hydrogens is 318 g/mol. The average Bonchev–Trinajstić information content (AvgIpc) is 3.20. The highest BCUT2D eigenvalue weighted by Crippen LogP contribution is 2.36. The molecule has 2 heterocycles. The van der Waals surface area contributed by atoms with Crippen molar-refractivity contribution in [2.45, 2.75) is 11.3 Å². The Morgan fingerprint density at radius 1 is 1.13 bits per heavy atom. The van der Waals surface area contributed by atoms with Crippen molar-refractivity contribution in [3.8, 4) is 5.75 Å². The Bertz CT molecular complexity index is 997.